The van der Waals surface area contributed by atoms with E-state index in [1.807, 2.05) is 42.5 Å². The Balaban J connectivity index is 1.65. The number of ether oxygens (including phenoxy) is 4. The number of fused-ring (bicyclic) bond motifs is 3. The first-order valence-corrected chi connectivity index (χ1v) is 9.65. The number of aliphatic hydroxyl groups is 2. The van der Waals surface area contributed by atoms with Crippen LogP contribution in [0.25, 0.3) is 11.1 Å². The van der Waals surface area contributed by atoms with E-state index in [0.717, 1.165) is 22.4 Å². The molecule has 0 bridgehead atoms. The van der Waals surface area contributed by atoms with E-state index in [4.69, 9.17) is 18.9 Å². The highest BCUT2D eigenvalue weighted by molar-refractivity contribution is 5.78. The van der Waals surface area contributed by atoms with Gasteiger partial charge in [-0.05, 0) is 47.9 Å². The molecular weight excluding hydrogens is 384 g/mol. The van der Waals surface area contributed by atoms with E-state index in [1.54, 1.807) is 33.3 Å². The lowest BCUT2D eigenvalue weighted by Crippen LogP contribution is -2.14. The average Bonchev–Trinajstić information content (AvgIpc) is 2.77. The molecule has 2 unspecified atom stereocenters. The third kappa shape index (κ3) is 3.79. The fourth-order valence-electron chi connectivity index (χ4n) is 3.48. The molecule has 4 rings (SSSR count). The lowest BCUT2D eigenvalue weighted by atomic mass is 9.93. The molecule has 156 valence electrons. The SMILES string of the molecule is COc1ccc(COc2cc3c(cc2OC)-c2ccc(C(C)O)cc2C(O)O3)cc1. The van der Waals surface area contributed by atoms with Crippen LogP contribution >= 0.6 is 0 Å². The third-order valence-electron chi connectivity index (χ3n) is 5.17. The predicted molar refractivity (Wildman–Crippen MR) is 112 cm³/mol. The number of methoxy groups -OCH3 is 2. The van der Waals surface area contributed by atoms with Crippen molar-refractivity contribution >= 4 is 0 Å². The van der Waals surface area contributed by atoms with Gasteiger partial charge >= 0.3 is 0 Å². The second kappa shape index (κ2) is 8.26. The molecule has 1 heterocycles. The summed E-state index contributed by atoms with van der Waals surface area (Å²) < 4.78 is 22.4. The van der Waals surface area contributed by atoms with Gasteiger partial charge in [-0.2, -0.15) is 0 Å². The summed E-state index contributed by atoms with van der Waals surface area (Å²) in [5.74, 6) is 2.37. The van der Waals surface area contributed by atoms with Crippen LogP contribution in [-0.4, -0.2) is 24.4 Å². The first-order valence-electron chi connectivity index (χ1n) is 9.65. The van der Waals surface area contributed by atoms with Gasteiger partial charge < -0.3 is 29.2 Å². The van der Waals surface area contributed by atoms with E-state index in [9.17, 15) is 10.2 Å². The maximum absolute atomic E-state index is 10.5. The summed E-state index contributed by atoms with van der Waals surface area (Å²) in [6, 6.07) is 16.7. The molecule has 0 radical (unpaired) electrons. The first-order chi connectivity index (χ1) is 14.5. The van der Waals surface area contributed by atoms with Gasteiger partial charge in [-0.25, -0.2) is 0 Å². The van der Waals surface area contributed by atoms with Crippen LogP contribution in [0.1, 0.15) is 36.0 Å². The van der Waals surface area contributed by atoms with Crippen molar-refractivity contribution < 1.29 is 29.2 Å². The maximum atomic E-state index is 10.5. The van der Waals surface area contributed by atoms with Crippen LogP contribution in [-0.2, 0) is 6.61 Å². The highest BCUT2D eigenvalue weighted by atomic mass is 16.6. The van der Waals surface area contributed by atoms with Crippen LogP contribution < -0.4 is 18.9 Å². The zero-order valence-corrected chi connectivity index (χ0v) is 17.1. The molecule has 0 spiro atoms. The van der Waals surface area contributed by atoms with E-state index < -0.39 is 12.4 Å². The number of hydrogen-bond acceptors (Lipinski definition) is 6. The summed E-state index contributed by atoms with van der Waals surface area (Å²) in [7, 11) is 3.21. The van der Waals surface area contributed by atoms with Crippen molar-refractivity contribution in [1.82, 2.24) is 0 Å². The second-order valence-corrected chi connectivity index (χ2v) is 7.13. The van der Waals surface area contributed by atoms with Crippen molar-refractivity contribution in [2.75, 3.05) is 14.2 Å². The topological polar surface area (TPSA) is 77.4 Å². The number of hydrogen-bond donors (Lipinski definition) is 2. The Morgan fingerprint density at radius 1 is 0.933 bits per heavy atom. The molecule has 3 aromatic rings. The van der Waals surface area contributed by atoms with Crippen molar-refractivity contribution in [3.8, 4) is 34.1 Å². The van der Waals surface area contributed by atoms with Gasteiger partial charge in [-0.15, -0.1) is 0 Å². The number of benzene rings is 3. The first kappa shape index (κ1) is 20.1. The molecule has 0 aromatic heterocycles. The van der Waals surface area contributed by atoms with Crippen molar-refractivity contribution in [3.63, 3.8) is 0 Å². The molecule has 0 amide bonds. The van der Waals surface area contributed by atoms with E-state index in [1.165, 1.54) is 0 Å². The number of rotatable bonds is 6. The fourth-order valence-corrected chi connectivity index (χ4v) is 3.48. The Labute approximate surface area is 175 Å². The highest BCUT2D eigenvalue weighted by Crippen LogP contribution is 2.47. The third-order valence-corrected chi connectivity index (χ3v) is 5.17. The Morgan fingerprint density at radius 2 is 1.70 bits per heavy atom. The van der Waals surface area contributed by atoms with Crippen LogP contribution in [0.5, 0.6) is 23.0 Å². The number of aliphatic hydroxyl groups excluding tert-OH is 2. The molecule has 0 saturated carbocycles. The summed E-state index contributed by atoms with van der Waals surface area (Å²) >= 11 is 0. The second-order valence-electron chi connectivity index (χ2n) is 7.13. The van der Waals surface area contributed by atoms with Gasteiger partial charge in [0.05, 0.1) is 20.3 Å². The van der Waals surface area contributed by atoms with Gasteiger partial charge in [0.2, 0.25) is 6.29 Å². The van der Waals surface area contributed by atoms with Gasteiger partial charge in [-0.1, -0.05) is 24.3 Å². The zero-order valence-electron chi connectivity index (χ0n) is 17.1. The van der Waals surface area contributed by atoms with Crippen LogP contribution in [0.2, 0.25) is 0 Å². The Bertz CT molecular complexity index is 1040. The highest BCUT2D eigenvalue weighted by Gasteiger charge is 2.27. The van der Waals surface area contributed by atoms with Gasteiger partial charge in [-0.3, -0.25) is 0 Å². The van der Waals surface area contributed by atoms with Crippen molar-refractivity contribution in [3.05, 3.63) is 71.3 Å². The molecule has 1 aliphatic rings. The molecule has 0 fully saturated rings. The molecule has 3 aromatic carbocycles. The zero-order chi connectivity index (χ0) is 21.3. The van der Waals surface area contributed by atoms with Crippen molar-refractivity contribution in [1.29, 1.82) is 0 Å². The maximum Gasteiger partial charge on any atom is 0.224 e. The molecular formula is C24H24O6. The van der Waals surface area contributed by atoms with Crippen molar-refractivity contribution in [2.24, 2.45) is 0 Å². The van der Waals surface area contributed by atoms with Gasteiger partial charge in [0.1, 0.15) is 18.1 Å². The molecule has 6 nitrogen and oxygen atoms in total. The molecule has 30 heavy (non-hydrogen) atoms. The summed E-state index contributed by atoms with van der Waals surface area (Å²) in [6.07, 6.45) is -1.76. The van der Waals surface area contributed by atoms with E-state index in [0.29, 0.717) is 35.0 Å². The fraction of sp³-hybridized carbons (Fsp3) is 0.250. The smallest absolute Gasteiger partial charge is 0.224 e. The quantitative estimate of drug-likeness (QED) is 0.630. The average molecular weight is 408 g/mol. The Morgan fingerprint density at radius 3 is 2.37 bits per heavy atom. The minimum absolute atomic E-state index is 0.343. The van der Waals surface area contributed by atoms with Gasteiger partial charge in [0.25, 0.3) is 0 Å². The summed E-state index contributed by atoms with van der Waals surface area (Å²) in [5.41, 5.74) is 3.92. The molecule has 0 aliphatic carbocycles. The van der Waals surface area contributed by atoms with Crippen LogP contribution in [0.15, 0.2) is 54.6 Å². The molecule has 1 aliphatic heterocycles. The van der Waals surface area contributed by atoms with Crippen LogP contribution in [0.4, 0.5) is 0 Å². The largest absolute Gasteiger partial charge is 0.497 e. The standard InChI is InChI=1S/C24H24O6/c1-14(25)16-6-9-18-19-11-22(28-3)23(12-21(19)30-24(26)20(18)10-16)29-13-15-4-7-17(27-2)8-5-15/h4-12,14,24-26H,13H2,1-3H3. The minimum Gasteiger partial charge on any atom is -0.497 e. The molecule has 6 heteroatoms. The van der Waals surface area contributed by atoms with Crippen LogP contribution in [0.3, 0.4) is 0 Å². The summed E-state index contributed by atoms with van der Waals surface area (Å²) in [5, 5.41) is 20.3. The molecule has 0 saturated heterocycles. The van der Waals surface area contributed by atoms with E-state index in [2.05, 4.69) is 0 Å². The van der Waals surface area contributed by atoms with Crippen LogP contribution in [0, 0.1) is 0 Å². The Hall–Kier alpha value is -3.22. The lowest BCUT2D eigenvalue weighted by Gasteiger charge is -2.27. The molecule has 2 atom stereocenters. The lowest BCUT2D eigenvalue weighted by molar-refractivity contribution is -0.0216. The summed E-state index contributed by atoms with van der Waals surface area (Å²) in [4.78, 5) is 0. The van der Waals surface area contributed by atoms with E-state index >= 15 is 0 Å². The minimum atomic E-state index is -1.13. The molecule has 2 N–H and O–H groups in total. The van der Waals surface area contributed by atoms with Gasteiger partial charge in [0.15, 0.2) is 11.5 Å². The monoisotopic (exact) mass is 408 g/mol. The van der Waals surface area contributed by atoms with Crippen molar-refractivity contribution in [2.45, 2.75) is 25.9 Å². The van der Waals surface area contributed by atoms with Gasteiger partial charge in [0, 0.05) is 17.2 Å². The van der Waals surface area contributed by atoms with E-state index in [-0.39, 0.29) is 0 Å². The summed E-state index contributed by atoms with van der Waals surface area (Å²) in [6.45, 7) is 2.03. The Kier molecular flexibility index (Phi) is 5.53. The predicted octanol–water partition coefficient (Wildman–Crippen LogP) is 4.39. The normalized spacial score (nSPS) is 15.4.